The third-order valence-electron chi connectivity index (χ3n) is 2.82. The van der Waals surface area contributed by atoms with Crippen molar-refractivity contribution in [2.45, 2.75) is 6.54 Å². The summed E-state index contributed by atoms with van der Waals surface area (Å²) in [4.78, 5) is 27.7. The normalized spacial score (nSPS) is 10.4. The topological polar surface area (TPSA) is 103 Å². The fourth-order valence-corrected chi connectivity index (χ4v) is 1.83. The van der Waals surface area contributed by atoms with Crippen molar-refractivity contribution in [2.24, 2.45) is 0 Å². The smallest absolute Gasteiger partial charge is 0.267 e. The molecular weight excluding hydrogens is 286 g/mol. The molecule has 3 rings (SSSR count). The molecule has 3 aromatic rings. The van der Waals surface area contributed by atoms with Gasteiger partial charge in [-0.2, -0.15) is 5.10 Å². The van der Waals surface area contributed by atoms with E-state index in [1.165, 1.54) is 18.4 Å². The Bertz CT molecular complexity index is 827. The van der Waals surface area contributed by atoms with Gasteiger partial charge < -0.3 is 9.84 Å². The summed E-state index contributed by atoms with van der Waals surface area (Å²) in [5, 5.41) is 10.2. The highest BCUT2D eigenvalue weighted by Crippen LogP contribution is 2.12. The first-order valence-corrected chi connectivity index (χ1v) is 6.41. The van der Waals surface area contributed by atoms with Crippen LogP contribution in [0.5, 0.6) is 0 Å². The molecule has 0 radical (unpaired) electrons. The molecule has 0 aliphatic rings. The predicted molar refractivity (Wildman–Crippen MR) is 76.9 cm³/mol. The van der Waals surface area contributed by atoms with Gasteiger partial charge in [0.25, 0.3) is 5.56 Å². The van der Waals surface area contributed by atoms with Crippen LogP contribution in [0.2, 0.25) is 0 Å². The first-order valence-electron chi connectivity index (χ1n) is 6.41. The van der Waals surface area contributed by atoms with Gasteiger partial charge in [-0.05, 0) is 18.2 Å². The number of nitrogens with zero attached hydrogens (tertiary/aromatic N) is 4. The van der Waals surface area contributed by atoms with E-state index in [4.69, 9.17) is 0 Å². The van der Waals surface area contributed by atoms with Crippen molar-refractivity contribution in [1.82, 2.24) is 19.9 Å². The summed E-state index contributed by atoms with van der Waals surface area (Å²) >= 11 is 0. The molecular formula is C14H11N5O3. The predicted octanol–water partition coefficient (Wildman–Crippen LogP) is 0.932. The highest BCUT2D eigenvalue weighted by molar-refractivity contribution is 5.89. The first kappa shape index (κ1) is 13.7. The molecule has 0 saturated carbocycles. The van der Waals surface area contributed by atoms with Gasteiger partial charge in [0.2, 0.25) is 5.91 Å². The Morgan fingerprint density at radius 3 is 2.91 bits per heavy atom. The van der Waals surface area contributed by atoms with Crippen LogP contribution in [0.25, 0.3) is 11.3 Å². The summed E-state index contributed by atoms with van der Waals surface area (Å²) < 4.78 is 5.69. The van der Waals surface area contributed by atoms with Crippen molar-refractivity contribution in [2.75, 3.05) is 5.32 Å². The third kappa shape index (κ3) is 3.06. The summed E-state index contributed by atoms with van der Waals surface area (Å²) in [5.41, 5.74) is 0.943. The lowest BCUT2D eigenvalue weighted by molar-refractivity contribution is -0.117. The number of rotatable bonds is 4. The first-order chi connectivity index (χ1) is 10.7. The molecule has 3 aromatic heterocycles. The minimum absolute atomic E-state index is 0.222. The standard InChI is InChI=1S/C14H11N5O3/c20-13(16-12-5-7-22-18-12)9-19-14(21)4-3-11(17-19)10-2-1-6-15-8-10/h1-8H,9H2,(H,16,18,20). The van der Waals surface area contributed by atoms with Gasteiger partial charge >= 0.3 is 0 Å². The molecule has 0 aliphatic heterocycles. The van der Waals surface area contributed by atoms with E-state index in [1.54, 1.807) is 24.5 Å². The van der Waals surface area contributed by atoms with Gasteiger partial charge in [0.1, 0.15) is 12.8 Å². The maximum absolute atomic E-state index is 11.9. The number of anilines is 1. The summed E-state index contributed by atoms with van der Waals surface area (Å²) in [7, 11) is 0. The zero-order valence-electron chi connectivity index (χ0n) is 11.3. The molecule has 0 fully saturated rings. The second-order valence-corrected chi connectivity index (χ2v) is 4.39. The summed E-state index contributed by atoms with van der Waals surface area (Å²) in [6, 6.07) is 8.04. The third-order valence-corrected chi connectivity index (χ3v) is 2.82. The molecule has 110 valence electrons. The van der Waals surface area contributed by atoms with E-state index in [0.29, 0.717) is 5.69 Å². The lowest BCUT2D eigenvalue weighted by atomic mass is 10.2. The molecule has 0 aliphatic carbocycles. The van der Waals surface area contributed by atoms with Crippen molar-refractivity contribution in [3.63, 3.8) is 0 Å². The number of aromatic nitrogens is 4. The van der Waals surface area contributed by atoms with E-state index in [2.05, 4.69) is 25.1 Å². The number of carbonyl (C=O) groups excluding carboxylic acids is 1. The van der Waals surface area contributed by atoms with Gasteiger partial charge in [-0.25, -0.2) is 4.68 Å². The Morgan fingerprint density at radius 2 is 2.18 bits per heavy atom. The van der Waals surface area contributed by atoms with Crippen LogP contribution in [0.1, 0.15) is 0 Å². The van der Waals surface area contributed by atoms with Gasteiger partial charge in [0, 0.05) is 30.1 Å². The number of amides is 1. The van der Waals surface area contributed by atoms with E-state index >= 15 is 0 Å². The Kier molecular flexibility index (Phi) is 3.73. The number of carbonyl (C=O) groups is 1. The number of hydrogen-bond acceptors (Lipinski definition) is 6. The Morgan fingerprint density at radius 1 is 1.27 bits per heavy atom. The van der Waals surface area contributed by atoms with Crippen LogP contribution in [-0.4, -0.2) is 25.8 Å². The van der Waals surface area contributed by atoms with Crippen LogP contribution in [0.3, 0.4) is 0 Å². The van der Waals surface area contributed by atoms with Crippen molar-refractivity contribution in [3.05, 3.63) is 59.3 Å². The van der Waals surface area contributed by atoms with Gasteiger partial charge in [0.05, 0.1) is 5.69 Å². The van der Waals surface area contributed by atoms with Crippen molar-refractivity contribution < 1.29 is 9.32 Å². The van der Waals surface area contributed by atoms with Crippen LogP contribution in [0, 0.1) is 0 Å². The largest absolute Gasteiger partial charge is 0.363 e. The van der Waals surface area contributed by atoms with E-state index in [0.717, 1.165) is 10.2 Å². The molecule has 8 nitrogen and oxygen atoms in total. The van der Waals surface area contributed by atoms with E-state index in [1.807, 2.05) is 6.07 Å². The lowest BCUT2D eigenvalue weighted by Gasteiger charge is -2.06. The molecule has 1 amide bonds. The zero-order chi connectivity index (χ0) is 15.4. The average molecular weight is 297 g/mol. The highest BCUT2D eigenvalue weighted by Gasteiger charge is 2.09. The van der Waals surface area contributed by atoms with Crippen LogP contribution < -0.4 is 10.9 Å². The summed E-state index contributed by atoms with van der Waals surface area (Å²) in [6.07, 6.45) is 4.61. The Balaban J connectivity index is 1.81. The molecule has 0 unspecified atom stereocenters. The summed E-state index contributed by atoms with van der Waals surface area (Å²) in [5.74, 6) is -0.145. The van der Waals surface area contributed by atoms with Gasteiger partial charge in [-0.1, -0.05) is 5.16 Å². The van der Waals surface area contributed by atoms with E-state index in [9.17, 15) is 9.59 Å². The Hall–Kier alpha value is -3.29. The monoisotopic (exact) mass is 297 g/mol. The fourth-order valence-electron chi connectivity index (χ4n) is 1.83. The van der Waals surface area contributed by atoms with E-state index in [-0.39, 0.29) is 17.9 Å². The maximum atomic E-state index is 11.9. The highest BCUT2D eigenvalue weighted by atomic mass is 16.5. The summed E-state index contributed by atoms with van der Waals surface area (Å²) in [6.45, 7) is -0.222. The molecule has 0 saturated heterocycles. The number of hydrogen-bond donors (Lipinski definition) is 1. The second kappa shape index (κ2) is 6.00. The molecule has 1 N–H and O–H groups in total. The molecule has 0 bridgehead atoms. The number of nitrogens with one attached hydrogen (secondary N) is 1. The molecule has 22 heavy (non-hydrogen) atoms. The fraction of sp³-hybridized carbons (Fsp3) is 0.0714. The molecule has 0 aromatic carbocycles. The SMILES string of the molecule is O=C(Cn1nc(-c2cccnc2)ccc1=O)Nc1ccon1. The second-order valence-electron chi connectivity index (χ2n) is 4.39. The van der Waals surface area contributed by atoms with E-state index < -0.39 is 5.91 Å². The van der Waals surface area contributed by atoms with Gasteiger partial charge in [0.15, 0.2) is 5.82 Å². The molecule has 0 atom stereocenters. The molecule has 3 heterocycles. The van der Waals surface area contributed by atoms with Crippen molar-refractivity contribution in [3.8, 4) is 11.3 Å². The number of pyridine rings is 1. The zero-order valence-corrected chi connectivity index (χ0v) is 11.3. The van der Waals surface area contributed by atoms with Gasteiger partial charge in [-0.3, -0.25) is 14.6 Å². The molecule has 8 heteroatoms. The lowest BCUT2D eigenvalue weighted by Crippen LogP contribution is -2.29. The maximum Gasteiger partial charge on any atom is 0.267 e. The molecule has 0 spiro atoms. The van der Waals surface area contributed by atoms with Crippen LogP contribution >= 0.6 is 0 Å². The van der Waals surface area contributed by atoms with Crippen molar-refractivity contribution in [1.29, 1.82) is 0 Å². The van der Waals surface area contributed by atoms with Crippen LogP contribution in [-0.2, 0) is 11.3 Å². The minimum Gasteiger partial charge on any atom is -0.363 e. The quantitative estimate of drug-likeness (QED) is 0.768. The Labute approximate surface area is 124 Å². The van der Waals surface area contributed by atoms with Crippen molar-refractivity contribution >= 4 is 11.7 Å². The van der Waals surface area contributed by atoms with Gasteiger partial charge in [-0.15, -0.1) is 0 Å². The average Bonchev–Trinajstić information content (AvgIpc) is 3.03. The van der Waals surface area contributed by atoms with Crippen LogP contribution in [0.15, 0.2) is 58.3 Å². The van der Waals surface area contributed by atoms with Crippen LogP contribution in [0.4, 0.5) is 5.82 Å². The minimum atomic E-state index is -0.424.